The second-order valence-electron chi connectivity index (χ2n) is 4.19. The van der Waals surface area contributed by atoms with Crippen molar-refractivity contribution in [1.82, 2.24) is 20.7 Å². The summed E-state index contributed by atoms with van der Waals surface area (Å²) in [6.07, 6.45) is 2.29. The van der Waals surface area contributed by atoms with Gasteiger partial charge in [-0.2, -0.15) is 15.4 Å². The third-order valence-corrected chi connectivity index (χ3v) is 3.37. The Kier molecular flexibility index (Phi) is 3.20. The van der Waals surface area contributed by atoms with E-state index in [4.69, 9.17) is 4.74 Å². The molecule has 2 heterocycles. The van der Waals surface area contributed by atoms with Crippen molar-refractivity contribution in [2.24, 2.45) is 0 Å². The van der Waals surface area contributed by atoms with Gasteiger partial charge in [0.1, 0.15) is 5.75 Å². The number of fused-ring (bicyclic) bond motifs is 1. The highest BCUT2D eigenvalue weighted by atomic mass is 79.9. The molecule has 2 aromatic rings. The molecule has 0 spiro atoms. The van der Waals surface area contributed by atoms with Crippen molar-refractivity contribution in [1.29, 1.82) is 0 Å². The normalized spacial score (nSPS) is 12.9. The summed E-state index contributed by atoms with van der Waals surface area (Å²) >= 11 is 3.47. The summed E-state index contributed by atoms with van der Waals surface area (Å²) in [6, 6.07) is 4.00. The van der Waals surface area contributed by atoms with Crippen molar-refractivity contribution in [2.45, 2.75) is 13.0 Å². The highest BCUT2D eigenvalue weighted by Gasteiger charge is 2.18. The quantitative estimate of drug-likeness (QED) is 0.896. The Morgan fingerprint density at radius 1 is 1.53 bits per heavy atom. The maximum absolute atomic E-state index is 11.8. The number of rotatable bonds is 3. The fourth-order valence-corrected chi connectivity index (χ4v) is 2.61. The molecule has 6 nitrogen and oxygen atoms in total. The number of nitrogens with zero attached hydrogens (tertiary/aromatic N) is 2. The molecule has 0 bridgehead atoms. The molecule has 0 atom stereocenters. The first-order valence-corrected chi connectivity index (χ1v) is 6.61. The third kappa shape index (κ3) is 2.46. The number of aromatic amines is 1. The van der Waals surface area contributed by atoms with E-state index in [0.717, 1.165) is 22.2 Å². The molecule has 1 aliphatic rings. The Morgan fingerprint density at radius 2 is 2.42 bits per heavy atom. The first kappa shape index (κ1) is 12.2. The van der Waals surface area contributed by atoms with E-state index in [2.05, 4.69) is 36.7 Å². The number of ether oxygens (including phenoxy) is 1. The number of halogens is 1. The van der Waals surface area contributed by atoms with Gasteiger partial charge in [-0.1, -0.05) is 15.9 Å². The zero-order chi connectivity index (χ0) is 13.2. The number of hydrogen-bond donors (Lipinski definition) is 2. The number of H-pyrrole nitrogens is 1. The second kappa shape index (κ2) is 5.00. The van der Waals surface area contributed by atoms with E-state index in [0.29, 0.717) is 13.2 Å². The van der Waals surface area contributed by atoms with E-state index in [1.54, 1.807) is 0 Å². The molecule has 2 N–H and O–H groups in total. The van der Waals surface area contributed by atoms with Gasteiger partial charge in [0.2, 0.25) is 0 Å². The Hall–Kier alpha value is -1.89. The van der Waals surface area contributed by atoms with Crippen LogP contribution in [-0.4, -0.2) is 27.9 Å². The Morgan fingerprint density at radius 3 is 3.21 bits per heavy atom. The highest BCUT2D eigenvalue weighted by molar-refractivity contribution is 9.10. The van der Waals surface area contributed by atoms with Gasteiger partial charge in [0.05, 0.1) is 12.8 Å². The Balaban J connectivity index is 1.76. The molecule has 7 heteroatoms. The standard InChI is InChI=1S/C12H11BrN4O2/c13-9-3-7-1-2-19-11(7)8(4-9)5-14-12(18)10-6-15-17-16-10/h3-4,6H,1-2,5H2,(H,14,18)(H,15,16,17). The van der Waals surface area contributed by atoms with E-state index in [-0.39, 0.29) is 11.6 Å². The number of carbonyl (C=O) groups is 1. The van der Waals surface area contributed by atoms with Crippen LogP contribution in [0.25, 0.3) is 0 Å². The number of carbonyl (C=O) groups excluding carboxylic acids is 1. The van der Waals surface area contributed by atoms with Crippen LogP contribution < -0.4 is 10.1 Å². The topological polar surface area (TPSA) is 79.9 Å². The van der Waals surface area contributed by atoms with Crippen LogP contribution in [0.5, 0.6) is 5.75 Å². The van der Waals surface area contributed by atoms with E-state index in [1.807, 2.05) is 12.1 Å². The number of nitrogens with one attached hydrogen (secondary N) is 2. The largest absolute Gasteiger partial charge is 0.493 e. The van der Waals surface area contributed by atoms with Crippen LogP contribution in [0.3, 0.4) is 0 Å². The number of amides is 1. The maximum Gasteiger partial charge on any atom is 0.273 e. The highest BCUT2D eigenvalue weighted by Crippen LogP contribution is 2.32. The first-order valence-electron chi connectivity index (χ1n) is 5.82. The van der Waals surface area contributed by atoms with Gasteiger partial charge in [0.25, 0.3) is 5.91 Å². The molecular weight excluding hydrogens is 312 g/mol. The van der Waals surface area contributed by atoms with Crippen LogP contribution in [0.1, 0.15) is 21.6 Å². The van der Waals surface area contributed by atoms with Crippen molar-refractivity contribution in [3.05, 3.63) is 39.6 Å². The lowest BCUT2D eigenvalue weighted by molar-refractivity contribution is 0.0945. The molecule has 0 unspecified atom stereocenters. The van der Waals surface area contributed by atoms with Crippen LogP contribution in [0.4, 0.5) is 0 Å². The predicted octanol–water partition coefficient (Wildman–Crippen LogP) is 1.43. The summed E-state index contributed by atoms with van der Waals surface area (Å²) in [7, 11) is 0. The van der Waals surface area contributed by atoms with Crippen LogP contribution in [0.2, 0.25) is 0 Å². The van der Waals surface area contributed by atoms with Crippen molar-refractivity contribution in [3.63, 3.8) is 0 Å². The first-order chi connectivity index (χ1) is 9.24. The van der Waals surface area contributed by atoms with Gasteiger partial charge in [-0.3, -0.25) is 4.79 Å². The van der Waals surface area contributed by atoms with Gasteiger partial charge in [-0.25, -0.2) is 0 Å². The summed E-state index contributed by atoms with van der Waals surface area (Å²) in [5.74, 6) is 0.615. The molecule has 1 aliphatic heterocycles. The summed E-state index contributed by atoms with van der Waals surface area (Å²) in [5.41, 5.74) is 2.39. The smallest absolute Gasteiger partial charge is 0.273 e. The van der Waals surface area contributed by atoms with Crippen LogP contribution in [0.15, 0.2) is 22.8 Å². The molecule has 1 aromatic heterocycles. The lowest BCUT2D eigenvalue weighted by Gasteiger charge is -2.09. The average molecular weight is 323 g/mol. The van der Waals surface area contributed by atoms with E-state index >= 15 is 0 Å². The fraction of sp³-hybridized carbons (Fsp3) is 0.250. The third-order valence-electron chi connectivity index (χ3n) is 2.91. The Bertz CT molecular complexity index is 612. The van der Waals surface area contributed by atoms with Gasteiger partial charge in [-0.15, -0.1) is 0 Å². The van der Waals surface area contributed by atoms with E-state index < -0.39 is 0 Å². The molecule has 0 radical (unpaired) electrons. The molecule has 98 valence electrons. The van der Waals surface area contributed by atoms with Gasteiger partial charge in [0, 0.05) is 23.0 Å². The molecule has 19 heavy (non-hydrogen) atoms. The van der Waals surface area contributed by atoms with Crippen molar-refractivity contribution >= 4 is 21.8 Å². The van der Waals surface area contributed by atoms with Crippen molar-refractivity contribution < 1.29 is 9.53 Å². The monoisotopic (exact) mass is 322 g/mol. The number of hydrogen-bond acceptors (Lipinski definition) is 4. The Labute approximate surface area is 117 Å². The minimum atomic E-state index is -0.263. The molecule has 0 saturated carbocycles. The molecule has 1 aromatic carbocycles. The van der Waals surface area contributed by atoms with Gasteiger partial charge in [-0.05, 0) is 17.7 Å². The fourth-order valence-electron chi connectivity index (χ4n) is 2.05. The van der Waals surface area contributed by atoms with Crippen LogP contribution >= 0.6 is 15.9 Å². The summed E-state index contributed by atoms with van der Waals surface area (Å²) < 4.78 is 6.59. The minimum absolute atomic E-state index is 0.263. The second-order valence-corrected chi connectivity index (χ2v) is 5.11. The molecule has 0 saturated heterocycles. The van der Waals surface area contributed by atoms with Crippen molar-refractivity contribution in [2.75, 3.05) is 6.61 Å². The zero-order valence-corrected chi connectivity index (χ0v) is 11.5. The lowest BCUT2D eigenvalue weighted by Crippen LogP contribution is -2.23. The average Bonchev–Trinajstić information content (AvgIpc) is 3.05. The van der Waals surface area contributed by atoms with Crippen molar-refractivity contribution in [3.8, 4) is 5.75 Å². The zero-order valence-electron chi connectivity index (χ0n) is 9.94. The molecular formula is C12H11BrN4O2. The van der Waals surface area contributed by atoms with Gasteiger partial charge >= 0.3 is 0 Å². The summed E-state index contributed by atoms with van der Waals surface area (Å²) in [5, 5.41) is 12.5. The summed E-state index contributed by atoms with van der Waals surface area (Å²) in [6.45, 7) is 1.09. The molecule has 1 amide bonds. The number of aromatic nitrogens is 3. The lowest BCUT2D eigenvalue weighted by atomic mass is 10.1. The summed E-state index contributed by atoms with van der Waals surface area (Å²) in [4.78, 5) is 11.8. The predicted molar refractivity (Wildman–Crippen MR) is 70.9 cm³/mol. The van der Waals surface area contributed by atoms with E-state index in [9.17, 15) is 4.79 Å². The van der Waals surface area contributed by atoms with Gasteiger partial charge in [0.15, 0.2) is 5.69 Å². The van der Waals surface area contributed by atoms with Gasteiger partial charge < -0.3 is 10.1 Å². The number of benzene rings is 1. The van der Waals surface area contributed by atoms with Crippen LogP contribution in [-0.2, 0) is 13.0 Å². The van der Waals surface area contributed by atoms with E-state index in [1.165, 1.54) is 11.8 Å². The minimum Gasteiger partial charge on any atom is -0.493 e. The SMILES string of the molecule is O=C(NCc1cc(Br)cc2c1OCC2)c1cn[nH]n1. The molecule has 3 rings (SSSR count). The molecule has 0 aliphatic carbocycles. The maximum atomic E-state index is 11.8. The molecule has 0 fully saturated rings. The van der Waals surface area contributed by atoms with Crippen LogP contribution in [0, 0.1) is 0 Å².